The van der Waals surface area contributed by atoms with E-state index >= 15 is 0 Å². The number of nitrogens with one attached hydrogen (secondary N) is 2. The molecule has 1 fully saturated rings. The van der Waals surface area contributed by atoms with E-state index in [1.54, 1.807) is 6.07 Å². The maximum Gasteiger partial charge on any atom is 0.253 e. The highest BCUT2D eigenvalue weighted by molar-refractivity contribution is 6.31. The highest BCUT2D eigenvalue weighted by atomic mass is 35.5. The van der Waals surface area contributed by atoms with Crippen LogP contribution in [-0.2, 0) is 6.54 Å². The Morgan fingerprint density at radius 1 is 1.21 bits per heavy atom. The lowest BCUT2D eigenvalue weighted by Crippen LogP contribution is -2.29. The van der Waals surface area contributed by atoms with Crippen LogP contribution in [0.3, 0.4) is 0 Å². The minimum absolute atomic E-state index is 0.164. The van der Waals surface area contributed by atoms with E-state index in [1.807, 2.05) is 32.9 Å². The van der Waals surface area contributed by atoms with Crippen molar-refractivity contribution < 1.29 is 4.79 Å². The third-order valence-electron chi connectivity index (χ3n) is 5.93. The lowest BCUT2D eigenvalue weighted by Gasteiger charge is -2.26. The molecule has 1 heterocycles. The average Bonchev–Trinajstić information content (AvgIpc) is 3.15. The van der Waals surface area contributed by atoms with Crippen molar-refractivity contribution in [1.29, 1.82) is 0 Å². The van der Waals surface area contributed by atoms with Crippen molar-refractivity contribution in [3.05, 3.63) is 61.5 Å². The molecule has 1 aliphatic rings. The summed E-state index contributed by atoms with van der Waals surface area (Å²) < 4.78 is 0. The summed E-state index contributed by atoms with van der Waals surface area (Å²) >= 11 is 6.35. The quantitative estimate of drug-likeness (QED) is 0.729. The SMILES string of the molecule is Cc1cc(C)c(CNC(=O)c2cc(Cl)cc(N(C)CC3CCCC3)c2C)c(=O)[nH]1. The number of hydrogen-bond donors (Lipinski definition) is 2. The van der Waals surface area contributed by atoms with Crippen molar-refractivity contribution in [2.24, 2.45) is 5.92 Å². The van der Waals surface area contributed by atoms with E-state index in [0.717, 1.165) is 29.1 Å². The molecule has 3 rings (SSSR count). The van der Waals surface area contributed by atoms with Crippen LogP contribution in [0.1, 0.15) is 58.4 Å². The standard InChI is InChI=1S/C23H30ClN3O2/c1-14-9-15(2)26-23(29)20(14)12-25-22(28)19-10-18(24)11-21(16(19)3)27(4)13-17-7-5-6-8-17/h9-11,17H,5-8,12-13H2,1-4H3,(H,25,28)(H,26,29). The molecule has 29 heavy (non-hydrogen) atoms. The Bertz CT molecular complexity index is 961. The van der Waals surface area contributed by atoms with Gasteiger partial charge in [0.15, 0.2) is 0 Å². The van der Waals surface area contributed by atoms with Crippen LogP contribution in [0.2, 0.25) is 5.02 Å². The number of aromatic nitrogens is 1. The fourth-order valence-electron chi connectivity index (χ4n) is 4.34. The molecule has 1 amide bonds. The predicted octanol–water partition coefficient (Wildman–Crippen LogP) is 4.51. The van der Waals surface area contributed by atoms with Crippen LogP contribution < -0.4 is 15.8 Å². The molecule has 0 aliphatic heterocycles. The van der Waals surface area contributed by atoms with Crippen LogP contribution in [0, 0.1) is 26.7 Å². The van der Waals surface area contributed by atoms with Gasteiger partial charge < -0.3 is 15.2 Å². The second-order valence-corrected chi connectivity index (χ2v) is 8.69. The first kappa shape index (κ1) is 21.4. The van der Waals surface area contributed by atoms with Gasteiger partial charge in [-0.15, -0.1) is 0 Å². The van der Waals surface area contributed by atoms with Gasteiger partial charge >= 0.3 is 0 Å². The molecule has 156 valence electrons. The van der Waals surface area contributed by atoms with E-state index < -0.39 is 0 Å². The zero-order valence-corrected chi connectivity index (χ0v) is 18.4. The second-order valence-electron chi connectivity index (χ2n) is 8.25. The lowest BCUT2D eigenvalue weighted by atomic mass is 10.0. The normalized spacial score (nSPS) is 14.2. The predicted molar refractivity (Wildman–Crippen MR) is 119 cm³/mol. The highest BCUT2D eigenvalue weighted by Crippen LogP contribution is 2.31. The third kappa shape index (κ3) is 5.02. The van der Waals surface area contributed by atoms with Gasteiger partial charge in [-0.25, -0.2) is 0 Å². The molecule has 2 N–H and O–H groups in total. The molecule has 1 aromatic carbocycles. The van der Waals surface area contributed by atoms with Gasteiger partial charge in [-0.05, 0) is 68.9 Å². The van der Waals surface area contributed by atoms with Crippen molar-refractivity contribution in [2.75, 3.05) is 18.5 Å². The summed E-state index contributed by atoms with van der Waals surface area (Å²) in [4.78, 5) is 30.1. The first-order valence-corrected chi connectivity index (χ1v) is 10.6. The smallest absolute Gasteiger partial charge is 0.253 e. The number of pyridine rings is 1. The Morgan fingerprint density at radius 3 is 2.55 bits per heavy atom. The second kappa shape index (κ2) is 9.04. The number of rotatable bonds is 6. The summed E-state index contributed by atoms with van der Waals surface area (Å²) in [6, 6.07) is 5.53. The molecule has 5 nitrogen and oxygen atoms in total. The van der Waals surface area contributed by atoms with Gasteiger partial charge in [0.2, 0.25) is 0 Å². The van der Waals surface area contributed by atoms with E-state index in [4.69, 9.17) is 11.6 Å². The van der Waals surface area contributed by atoms with Gasteiger partial charge in [-0.3, -0.25) is 9.59 Å². The van der Waals surface area contributed by atoms with E-state index in [1.165, 1.54) is 25.7 Å². The Hall–Kier alpha value is -2.27. The molecule has 0 bridgehead atoms. The van der Waals surface area contributed by atoms with E-state index in [-0.39, 0.29) is 18.0 Å². The molecule has 0 atom stereocenters. The summed E-state index contributed by atoms with van der Waals surface area (Å²) in [5.41, 5.74) is 4.52. The van der Waals surface area contributed by atoms with Gasteiger partial charge in [0, 0.05) is 47.7 Å². The summed E-state index contributed by atoms with van der Waals surface area (Å²) in [7, 11) is 2.06. The Morgan fingerprint density at radius 2 is 1.90 bits per heavy atom. The van der Waals surface area contributed by atoms with Gasteiger partial charge in [0.25, 0.3) is 11.5 Å². The van der Waals surface area contributed by atoms with Gasteiger partial charge in [-0.2, -0.15) is 0 Å². The summed E-state index contributed by atoms with van der Waals surface area (Å²) in [5, 5.41) is 3.43. The summed E-state index contributed by atoms with van der Waals surface area (Å²) in [6.45, 7) is 6.83. The number of hydrogen-bond acceptors (Lipinski definition) is 3. The number of nitrogens with zero attached hydrogens (tertiary/aromatic N) is 1. The molecular weight excluding hydrogens is 386 g/mol. The maximum atomic E-state index is 12.9. The highest BCUT2D eigenvalue weighted by Gasteiger charge is 2.20. The summed E-state index contributed by atoms with van der Waals surface area (Å²) in [6.07, 6.45) is 5.14. The number of carbonyl (C=O) groups excluding carboxylic acids is 1. The number of benzene rings is 1. The molecule has 1 aliphatic carbocycles. The van der Waals surface area contributed by atoms with Crippen molar-refractivity contribution in [1.82, 2.24) is 10.3 Å². The monoisotopic (exact) mass is 415 g/mol. The zero-order chi connectivity index (χ0) is 21.1. The van der Waals surface area contributed by atoms with Gasteiger partial charge in [-0.1, -0.05) is 24.4 Å². The average molecular weight is 416 g/mol. The first-order valence-electron chi connectivity index (χ1n) is 10.2. The van der Waals surface area contributed by atoms with Gasteiger partial charge in [0.05, 0.1) is 0 Å². The molecule has 2 aromatic rings. The first-order chi connectivity index (χ1) is 13.8. The van der Waals surface area contributed by atoms with Gasteiger partial charge in [0.1, 0.15) is 0 Å². The topological polar surface area (TPSA) is 65.2 Å². The van der Waals surface area contributed by atoms with Crippen molar-refractivity contribution in [3.8, 4) is 0 Å². The van der Waals surface area contributed by atoms with Crippen molar-refractivity contribution in [3.63, 3.8) is 0 Å². The number of anilines is 1. The van der Waals surface area contributed by atoms with Crippen LogP contribution in [0.25, 0.3) is 0 Å². The molecular formula is C23H30ClN3O2. The van der Waals surface area contributed by atoms with Crippen LogP contribution in [0.5, 0.6) is 0 Å². The Balaban J connectivity index is 1.78. The number of H-pyrrole nitrogens is 1. The van der Waals surface area contributed by atoms with E-state index in [2.05, 4.69) is 22.2 Å². The fourth-order valence-corrected chi connectivity index (χ4v) is 4.55. The zero-order valence-electron chi connectivity index (χ0n) is 17.7. The number of halogens is 1. The Labute approximate surface area is 177 Å². The number of aryl methyl sites for hydroxylation is 2. The molecule has 6 heteroatoms. The minimum Gasteiger partial charge on any atom is -0.374 e. The molecule has 1 aromatic heterocycles. The number of aromatic amines is 1. The van der Waals surface area contributed by atoms with E-state index in [0.29, 0.717) is 22.1 Å². The maximum absolute atomic E-state index is 12.9. The van der Waals surface area contributed by atoms with E-state index in [9.17, 15) is 9.59 Å². The van der Waals surface area contributed by atoms with Crippen LogP contribution in [0.15, 0.2) is 23.0 Å². The van der Waals surface area contributed by atoms with Crippen LogP contribution in [-0.4, -0.2) is 24.5 Å². The molecule has 1 saturated carbocycles. The van der Waals surface area contributed by atoms with Crippen molar-refractivity contribution in [2.45, 2.75) is 53.0 Å². The minimum atomic E-state index is -0.222. The largest absolute Gasteiger partial charge is 0.374 e. The third-order valence-corrected chi connectivity index (χ3v) is 6.15. The molecule has 0 spiro atoms. The molecule has 0 radical (unpaired) electrons. The lowest BCUT2D eigenvalue weighted by molar-refractivity contribution is 0.0950. The van der Waals surface area contributed by atoms with Crippen LogP contribution >= 0.6 is 11.6 Å². The molecule has 0 saturated heterocycles. The van der Waals surface area contributed by atoms with Crippen LogP contribution in [0.4, 0.5) is 5.69 Å². The number of amides is 1. The number of carbonyl (C=O) groups is 1. The van der Waals surface area contributed by atoms with Crippen molar-refractivity contribution >= 4 is 23.2 Å². The summed E-state index contributed by atoms with van der Waals surface area (Å²) in [5.74, 6) is 0.479. The Kier molecular flexibility index (Phi) is 6.68. The molecule has 0 unspecified atom stereocenters. The fraction of sp³-hybridized carbons (Fsp3) is 0.478.